The highest BCUT2D eigenvalue weighted by molar-refractivity contribution is 6.23. The molecule has 2 aromatic carbocycles. The standard InChI is InChI=1S/C24H22N4O2/c1-12-19(13(2)30-28-12)15-7-8-16-18(11-15)20-17(9-10-25-24(20)29)22-21(16)26-23(27-22)14-5-3-4-6-14/h7-11,14H,3-6H2,1-2H3,(H,25,29)(H,26,27). The van der Waals surface area contributed by atoms with E-state index in [-0.39, 0.29) is 5.56 Å². The first-order valence-electron chi connectivity index (χ1n) is 10.5. The van der Waals surface area contributed by atoms with Gasteiger partial charge >= 0.3 is 0 Å². The molecule has 0 aliphatic heterocycles. The second-order valence-electron chi connectivity index (χ2n) is 8.38. The van der Waals surface area contributed by atoms with E-state index in [1.165, 1.54) is 25.7 Å². The predicted molar refractivity (Wildman–Crippen MR) is 118 cm³/mol. The van der Waals surface area contributed by atoms with Crippen molar-refractivity contribution in [2.45, 2.75) is 45.4 Å². The van der Waals surface area contributed by atoms with Crippen LogP contribution >= 0.6 is 0 Å². The summed E-state index contributed by atoms with van der Waals surface area (Å²) >= 11 is 0. The minimum atomic E-state index is -0.0965. The number of aryl methyl sites for hydroxylation is 2. The molecule has 0 unspecified atom stereocenters. The van der Waals surface area contributed by atoms with E-state index in [1.54, 1.807) is 6.20 Å². The molecule has 0 saturated heterocycles. The van der Waals surface area contributed by atoms with Gasteiger partial charge < -0.3 is 14.5 Å². The molecule has 0 bridgehead atoms. The Labute approximate surface area is 172 Å². The van der Waals surface area contributed by atoms with Gasteiger partial charge in [0, 0.05) is 28.5 Å². The van der Waals surface area contributed by atoms with Gasteiger partial charge in [0.05, 0.1) is 22.1 Å². The molecule has 3 heterocycles. The van der Waals surface area contributed by atoms with E-state index in [2.05, 4.69) is 33.3 Å². The van der Waals surface area contributed by atoms with Gasteiger partial charge in [-0.05, 0) is 49.8 Å². The highest BCUT2D eigenvalue weighted by atomic mass is 16.5. The number of imidazole rings is 1. The highest BCUT2D eigenvalue weighted by Crippen LogP contribution is 2.39. The lowest BCUT2D eigenvalue weighted by molar-refractivity contribution is 0.393. The Balaban J connectivity index is 1.73. The third-order valence-corrected chi connectivity index (χ3v) is 6.56. The molecule has 3 aromatic heterocycles. The van der Waals surface area contributed by atoms with Gasteiger partial charge in [-0.2, -0.15) is 0 Å². The fourth-order valence-corrected chi connectivity index (χ4v) is 5.14. The van der Waals surface area contributed by atoms with Gasteiger partial charge in [0.1, 0.15) is 11.6 Å². The lowest BCUT2D eigenvalue weighted by atomic mass is 9.96. The monoisotopic (exact) mass is 398 g/mol. The minimum absolute atomic E-state index is 0.0965. The van der Waals surface area contributed by atoms with Gasteiger partial charge in [-0.25, -0.2) is 4.98 Å². The van der Waals surface area contributed by atoms with Crippen LogP contribution in [0.25, 0.3) is 43.7 Å². The van der Waals surface area contributed by atoms with Crippen LogP contribution in [0.5, 0.6) is 0 Å². The summed E-state index contributed by atoms with van der Waals surface area (Å²) in [4.78, 5) is 24.3. The fraction of sp³-hybridized carbons (Fsp3) is 0.292. The van der Waals surface area contributed by atoms with Crippen LogP contribution in [0.3, 0.4) is 0 Å². The third kappa shape index (κ3) is 2.39. The summed E-state index contributed by atoms with van der Waals surface area (Å²) in [7, 11) is 0. The van der Waals surface area contributed by atoms with Crippen LogP contribution in [0.2, 0.25) is 0 Å². The summed E-state index contributed by atoms with van der Waals surface area (Å²) in [6, 6.07) is 8.20. The van der Waals surface area contributed by atoms with Crippen LogP contribution in [-0.2, 0) is 0 Å². The summed E-state index contributed by atoms with van der Waals surface area (Å²) in [6.07, 6.45) is 6.56. The number of benzene rings is 2. The number of hydrogen-bond donors (Lipinski definition) is 2. The number of hydrogen-bond acceptors (Lipinski definition) is 4. The first-order chi connectivity index (χ1) is 14.6. The topological polar surface area (TPSA) is 87.6 Å². The molecule has 6 heteroatoms. The zero-order valence-electron chi connectivity index (χ0n) is 17.0. The highest BCUT2D eigenvalue weighted by Gasteiger charge is 2.23. The predicted octanol–water partition coefficient (Wildman–Crippen LogP) is 5.49. The van der Waals surface area contributed by atoms with Crippen molar-refractivity contribution < 1.29 is 4.52 Å². The van der Waals surface area contributed by atoms with Gasteiger partial charge in [0.2, 0.25) is 0 Å². The molecule has 0 amide bonds. The van der Waals surface area contributed by atoms with E-state index < -0.39 is 0 Å². The van der Waals surface area contributed by atoms with E-state index in [0.717, 1.165) is 55.6 Å². The second-order valence-corrected chi connectivity index (χ2v) is 8.38. The zero-order valence-corrected chi connectivity index (χ0v) is 17.0. The maximum absolute atomic E-state index is 12.9. The maximum Gasteiger partial charge on any atom is 0.256 e. The average molecular weight is 398 g/mol. The molecular formula is C24H22N4O2. The molecule has 5 aromatic rings. The van der Waals surface area contributed by atoms with E-state index in [9.17, 15) is 4.79 Å². The molecule has 1 aliphatic rings. The molecule has 150 valence electrons. The lowest BCUT2D eigenvalue weighted by Crippen LogP contribution is -2.05. The molecule has 1 saturated carbocycles. The normalized spacial score (nSPS) is 15.1. The summed E-state index contributed by atoms with van der Waals surface area (Å²) in [5.74, 6) is 2.30. The van der Waals surface area contributed by atoms with Gasteiger partial charge in [0.25, 0.3) is 5.56 Å². The summed E-state index contributed by atoms with van der Waals surface area (Å²) in [5, 5.41) is 7.59. The number of H-pyrrole nitrogens is 2. The van der Waals surface area contributed by atoms with Crippen molar-refractivity contribution in [3.8, 4) is 11.1 Å². The van der Waals surface area contributed by atoms with Crippen molar-refractivity contribution in [1.29, 1.82) is 0 Å². The number of pyridine rings is 1. The van der Waals surface area contributed by atoms with Crippen molar-refractivity contribution in [2.24, 2.45) is 0 Å². The Morgan fingerprint density at radius 2 is 1.90 bits per heavy atom. The first-order valence-corrected chi connectivity index (χ1v) is 10.5. The Bertz CT molecular complexity index is 1480. The Morgan fingerprint density at radius 3 is 2.67 bits per heavy atom. The third-order valence-electron chi connectivity index (χ3n) is 6.56. The van der Waals surface area contributed by atoms with Crippen LogP contribution in [0, 0.1) is 13.8 Å². The quantitative estimate of drug-likeness (QED) is 0.385. The minimum Gasteiger partial charge on any atom is -0.361 e. The summed E-state index contributed by atoms with van der Waals surface area (Å²) < 4.78 is 5.37. The first kappa shape index (κ1) is 17.4. The second kappa shape index (κ2) is 6.29. The number of aromatic amines is 2. The molecule has 1 aliphatic carbocycles. The van der Waals surface area contributed by atoms with E-state index in [4.69, 9.17) is 9.51 Å². The Hall–Kier alpha value is -3.41. The molecule has 6 nitrogen and oxygen atoms in total. The average Bonchev–Trinajstić information content (AvgIpc) is 3.48. The smallest absolute Gasteiger partial charge is 0.256 e. The van der Waals surface area contributed by atoms with Gasteiger partial charge in [-0.1, -0.05) is 30.1 Å². The summed E-state index contributed by atoms with van der Waals surface area (Å²) in [5.41, 5.74) is 4.62. The molecule has 30 heavy (non-hydrogen) atoms. The number of nitrogens with zero attached hydrogens (tertiary/aromatic N) is 2. The van der Waals surface area contributed by atoms with Crippen molar-refractivity contribution >= 4 is 32.6 Å². The van der Waals surface area contributed by atoms with Gasteiger partial charge in [0.15, 0.2) is 0 Å². The molecule has 6 rings (SSSR count). The van der Waals surface area contributed by atoms with Crippen molar-refractivity contribution in [2.75, 3.05) is 0 Å². The van der Waals surface area contributed by atoms with E-state index >= 15 is 0 Å². The van der Waals surface area contributed by atoms with Crippen molar-refractivity contribution in [3.63, 3.8) is 0 Å². The van der Waals surface area contributed by atoms with Gasteiger partial charge in [-0.15, -0.1) is 0 Å². The van der Waals surface area contributed by atoms with Crippen molar-refractivity contribution in [3.05, 3.63) is 58.1 Å². The van der Waals surface area contributed by atoms with Crippen LogP contribution < -0.4 is 5.56 Å². The van der Waals surface area contributed by atoms with Gasteiger partial charge in [-0.3, -0.25) is 4.79 Å². The number of nitrogens with one attached hydrogen (secondary N) is 2. The van der Waals surface area contributed by atoms with Crippen LogP contribution in [0.4, 0.5) is 0 Å². The molecule has 1 fully saturated rings. The van der Waals surface area contributed by atoms with Crippen molar-refractivity contribution in [1.82, 2.24) is 20.1 Å². The van der Waals surface area contributed by atoms with Crippen LogP contribution in [0.1, 0.15) is 48.9 Å². The molecule has 0 spiro atoms. The van der Waals surface area contributed by atoms with Crippen LogP contribution in [-0.4, -0.2) is 20.1 Å². The molecule has 0 atom stereocenters. The Morgan fingerprint density at radius 1 is 1.07 bits per heavy atom. The fourth-order valence-electron chi connectivity index (χ4n) is 5.14. The Kier molecular flexibility index (Phi) is 3.66. The van der Waals surface area contributed by atoms with E-state index in [1.807, 2.05) is 19.9 Å². The molecule has 2 N–H and O–H groups in total. The maximum atomic E-state index is 12.9. The SMILES string of the molecule is Cc1noc(C)c1-c1ccc2c(c1)c1c(=O)[nH]ccc1c1nc(C3CCCC3)[nH]c21. The summed E-state index contributed by atoms with van der Waals surface area (Å²) in [6.45, 7) is 3.85. The van der Waals surface area contributed by atoms with E-state index in [0.29, 0.717) is 11.3 Å². The molecular weight excluding hydrogens is 376 g/mol. The number of fused-ring (bicyclic) bond motifs is 6. The lowest BCUT2D eigenvalue weighted by Gasteiger charge is -2.08. The molecule has 0 radical (unpaired) electrons. The zero-order chi connectivity index (χ0) is 20.4. The van der Waals surface area contributed by atoms with Crippen LogP contribution in [0.15, 0.2) is 39.8 Å². The number of aromatic nitrogens is 4. The number of rotatable bonds is 2. The largest absolute Gasteiger partial charge is 0.361 e.